The number of fused-ring (bicyclic) bond motifs is 1. The van der Waals surface area contributed by atoms with Crippen molar-refractivity contribution in [2.24, 2.45) is 0 Å². The van der Waals surface area contributed by atoms with Gasteiger partial charge in [-0.1, -0.05) is 11.6 Å². The topological polar surface area (TPSA) is 102 Å². The maximum atomic E-state index is 13.4. The summed E-state index contributed by atoms with van der Waals surface area (Å²) in [5.74, 6) is -1.17. The highest BCUT2D eigenvalue weighted by atomic mass is 35.5. The van der Waals surface area contributed by atoms with Gasteiger partial charge in [-0.05, 0) is 49.2 Å². The molecular weight excluding hydrogens is 433 g/mol. The minimum absolute atomic E-state index is 0.00622. The van der Waals surface area contributed by atoms with E-state index in [9.17, 15) is 22.7 Å². The number of benzene rings is 2. The summed E-state index contributed by atoms with van der Waals surface area (Å²) >= 11 is 5.77. The predicted octanol–water partition coefficient (Wildman–Crippen LogP) is 3.36. The smallest absolute Gasteiger partial charge is 0.257 e. The van der Waals surface area contributed by atoms with E-state index in [1.54, 1.807) is 12.3 Å². The molecule has 4 rings (SSSR count). The Labute approximate surface area is 177 Å². The van der Waals surface area contributed by atoms with E-state index in [0.717, 1.165) is 6.07 Å². The first kappa shape index (κ1) is 20.8. The summed E-state index contributed by atoms with van der Waals surface area (Å²) in [6.07, 6.45) is 1.84. The molecule has 30 heavy (non-hydrogen) atoms. The number of aromatic amines is 1. The molecule has 0 bridgehead atoms. The summed E-state index contributed by atoms with van der Waals surface area (Å²) in [5.41, 5.74) is 0.895. The van der Waals surface area contributed by atoms with Gasteiger partial charge in [0.25, 0.3) is 5.91 Å². The van der Waals surface area contributed by atoms with Gasteiger partial charge in [0.05, 0.1) is 27.1 Å². The number of carbonyl (C=O) groups is 1. The van der Waals surface area contributed by atoms with E-state index < -0.39 is 27.9 Å². The van der Waals surface area contributed by atoms with Crippen LogP contribution in [0.15, 0.2) is 47.5 Å². The second-order valence-electron chi connectivity index (χ2n) is 7.13. The van der Waals surface area contributed by atoms with E-state index in [-0.39, 0.29) is 34.3 Å². The van der Waals surface area contributed by atoms with E-state index in [0.29, 0.717) is 23.7 Å². The Kier molecular flexibility index (Phi) is 5.54. The number of piperidine rings is 1. The standard InChI is InChI=1S/C20H19ClFN3O4S/c21-17-10-13(1-2-18(17)22)24-20(27)16-11-15(9-12-3-6-23-19(12)16)30(28,29)25-7-4-14(26)5-8-25/h1-3,6,9-11,14,23,26H,4-5,7-8H2,(H,24,27). The minimum Gasteiger partial charge on any atom is -0.393 e. The van der Waals surface area contributed by atoms with Gasteiger partial charge in [0.2, 0.25) is 10.0 Å². The number of aromatic nitrogens is 1. The molecule has 1 aliphatic heterocycles. The van der Waals surface area contributed by atoms with E-state index in [2.05, 4.69) is 10.3 Å². The number of nitrogens with one attached hydrogen (secondary N) is 2. The lowest BCUT2D eigenvalue weighted by molar-refractivity contribution is 0.102. The third-order valence-electron chi connectivity index (χ3n) is 5.12. The molecule has 0 aliphatic carbocycles. The molecule has 7 nitrogen and oxygen atoms in total. The minimum atomic E-state index is -3.84. The predicted molar refractivity (Wildman–Crippen MR) is 112 cm³/mol. The summed E-state index contributed by atoms with van der Waals surface area (Å²) in [7, 11) is -3.84. The van der Waals surface area contributed by atoms with Gasteiger partial charge in [0.15, 0.2) is 0 Å². The summed E-state index contributed by atoms with van der Waals surface area (Å²) in [5, 5.41) is 12.7. The van der Waals surface area contributed by atoms with Crippen LogP contribution >= 0.6 is 11.6 Å². The van der Waals surface area contributed by atoms with Crippen LogP contribution in [-0.4, -0.2) is 47.9 Å². The van der Waals surface area contributed by atoms with Crippen LogP contribution in [0.2, 0.25) is 5.02 Å². The van der Waals surface area contributed by atoms with E-state index in [1.165, 1.54) is 28.6 Å². The fraction of sp³-hybridized carbons (Fsp3) is 0.250. The van der Waals surface area contributed by atoms with Gasteiger partial charge in [-0.15, -0.1) is 0 Å². The molecule has 2 heterocycles. The van der Waals surface area contributed by atoms with Crippen molar-refractivity contribution in [1.82, 2.24) is 9.29 Å². The lowest BCUT2D eigenvalue weighted by Gasteiger charge is -2.28. The number of hydrogen-bond donors (Lipinski definition) is 3. The molecule has 0 radical (unpaired) electrons. The maximum Gasteiger partial charge on any atom is 0.257 e. The van der Waals surface area contributed by atoms with Crippen LogP contribution < -0.4 is 5.32 Å². The molecule has 10 heteroatoms. The van der Waals surface area contributed by atoms with Crippen LogP contribution in [0.5, 0.6) is 0 Å². The van der Waals surface area contributed by atoms with Crippen LogP contribution in [0.25, 0.3) is 10.9 Å². The van der Waals surface area contributed by atoms with Gasteiger partial charge < -0.3 is 15.4 Å². The SMILES string of the molecule is O=C(Nc1ccc(F)c(Cl)c1)c1cc(S(=O)(=O)N2CCC(O)CC2)cc2cc[nH]c12. The maximum absolute atomic E-state index is 13.4. The number of amides is 1. The van der Waals surface area contributed by atoms with Crippen molar-refractivity contribution in [1.29, 1.82) is 0 Å². The lowest BCUT2D eigenvalue weighted by atomic mass is 10.1. The normalized spacial score (nSPS) is 16.1. The van der Waals surface area contributed by atoms with Crippen molar-refractivity contribution in [3.8, 4) is 0 Å². The van der Waals surface area contributed by atoms with E-state index in [1.807, 2.05) is 0 Å². The molecule has 3 N–H and O–H groups in total. The summed E-state index contributed by atoms with van der Waals surface area (Å²) in [4.78, 5) is 15.9. The number of rotatable bonds is 4. The number of halogens is 2. The Bertz CT molecular complexity index is 1220. The van der Waals surface area contributed by atoms with Crippen LogP contribution in [0.1, 0.15) is 23.2 Å². The number of hydrogen-bond acceptors (Lipinski definition) is 4. The Morgan fingerprint density at radius 1 is 1.20 bits per heavy atom. The number of aliphatic hydroxyl groups excluding tert-OH is 1. The zero-order valence-corrected chi connectivity index (χ0v) is 17.3. The molecule has 1 aliphatic rings. The summed E-state index contributed by atoms with van der Waals surface area (Å²) < 4.78 is 40.9. The first-order valence-electron chi connectivity index (χ1n) is 9.31. The molecule has 3 aromatic rings. The van der Waals surface area contributed by atoms with Crippen molar-refractivity contribution in [3.05, 3.63) is 59.0 Å². The molecule has 0 spiro atoms. The zero-order valence-electron chi connectivity index (χ0n) is 15.7. The molecule has 0 atom stereocenters. The Morgan fingerprint density at radius 2 is 1.93 bits per heavy atom. The van der Waals surface area contributed by atoms with E-state index in [4.69, 9.17) is 11.6 Å². The third kappa shape index (κ3) is 3.93. The lowest BCUT2D eigenvalue weighted by Crippen LogP contribution is -2.40. The Hall–Kier alpha value is -2.46. The van der Waals surface area contributed by atoms with E-state index >= 15 is 0 Å². The van der Waals surface area contributed by atoms with Crippen LogP contribution in [0.3, 0.4) is 0 Å². The molecule has 1 fully saturated rings. The molecule has 2 aromatic carbocycles. The first-order valence-corrected chi connectivity index (χ1v) is 11.1. The number of carbonyl (C=O) groups excluding carboxylic acids is 1. The highest BCUT2D eigenvalue weighted by molar-refractivity contribution is 7.89. The van der Waals surface area contributed by atoms with Crippen molar-refractivity contribution in [3.63, 3.8) is 0 Å². The van der Waals surface area contributed by atoms with Gasteiger partial charge in [0, 0.05) is 30.4 Å². The second-order valence-corrected chi connectivity index (χ2v) is 9.48. The van der Waals surface area contributed by atoms with Crippen LogP contribution in [0.4, 0.5) is 10.1 Å². The molecule has 158 valence electrons. The van der Waals surface area contributed by atoms with Gasteiger partial charge in [-0.2, -0.15) is 4.31 Å². The van der Waals surface area contributed by atoms with Gasteiger partial charge in [-0.25, -0.2) is 12.8 Å². The fourth-order valence-electron chi connectivity index (χ4n) is 3.48. The Balaban J connectivity index is 1.70. The third-order valence-corrected chi connectivity index (χ3v) is 7.28. The van der Waals surface area contributed by atoms with Crippen molar-refractivity contribution in [2.45, 2.75) is 23.8 Å². The van der Waals surface area contributed by atoms with Gasteiger partial charge in [0.1, 0.15) is 5.82 Å². The monoisotopic (exact) mass is 451 g/mol. The number of aliphatic hydroxyl groups is 1. The molecule has 1 aromatic heterocycles. The quantitative estimate of drug-likeness (QED) is 0.566. The molecular formula is C20H19ClFN3O4S. The molecule has 0 saturated carbocycles. The van der Waals surface area contributed by atoms with Crippen molar-refractivity contribution in [2.75, 3.05) is 18.4 Å². The fourth-order valence-corrected chi connectivity index (χ4v) is 5.19. The van der Waals surface area contributed by atoms with Gasteiger partial charge in [-0.3, -0.25) is 4.79 Å². The highest BCUT2D eigenvalue weighted by Crippen LogP contribution is 2.28. The van der Waals surface area contributed by atoms with Crippen molar-refractivity contribution < 1.29 is 22.7 Å². The number of H-pyrrole nitrogens is 1. The summed E-state index contributed by atoms with van der Waals surface area (Å²) in [6, 6.07) is 8.29. The van der Waals surface area contributed by atoms with Crippen LogP contribution in [0, 0.1) is 5.82 Å². The summed E-state index contributed by atoms with van der Waals surface area (Å²) in [6.45, 7) is 0.425. The first-order chi connectivity index (χ1) is 14.3. The second kappa shape index (κ2) is 7.99. The average Bonchev–Trinajstić information content (AvgIpc) is 3.19. The molecule has 0 unspecified atom stereocenters. The average molecular weight is 452 g/mol. The van der Waals surface area contributed by atoms with Crippen LogP contribution in [-0.2, 0) is 10.0 Å². The number of nitrogens with zero attached hydrogens (tertiary/aromatic N) is 1. The number of sulfonamides is 1. The largest absolute Gasteiger partial charge is 0.393 e. The van der Waals surface area contributed by atoms with Crippen molar-refractivity contribution >= 4 is 44.1 Å². The molecule has 1 amide bonds. The van der Waals surface area contributed by atoms with Gasteiger partial charge >= 0.3 is 0 Å². The zero-order chi connectivity index (χ0) is 21.5. The highest BCUT2D eigenvalue weighted by Gasteiger charge is 2.30. The molecule has 1 saturated heterocycles. The Morgan fingerprint density at radius 3 is 2.63 bits per heavy atom. The number of anilines is 1.